The fourth-order valence-electron chi connectivity index (χ4n) is 2.52. The van der Waals surface area contributed by atoms with Crippen molar-refractivity contribution >= 4 is 23.5 Å². The van der Waals surface area contributed by atoms with E-state index in [1.807, 2.05) is 27.7 Å². The topological polar surface area (TPSA) is 93.7 Å². The van der Waals surface area contributed by atoms with E-state index < -0.39 is 18.5 Å². The highest BCUT2D eigenvalue weighted by atomic mass is 16.5. The van der Waals surface area contributed by atoms with Gasteiger partial charge in [0.25, 0.3) is 11.8 Å². The Balaban J connectivity index is 1.92. The lowest BCUT2D eigenvalue weighted by molar-refractivity contribution is -0.119. The first-order chi connectivity index (χ1) is 14.3. The van der Waals surface area contributed by atoms with E-state index in [-0.39, 0.29) is 12.0 Å². The lowest BCUT2D eigenvalue weighted by atomic mass is 10.1. The predicted octanol–water partition coefficient (Wildman–Crippen LogP) is 3.66. The average Bonchev–Trinajstić information content (AvgIpc) is 2.70. The third kappa shape index (κ3) is 7.24. The molecule has 2 rings (SSSR count). The number of hydrogen-bond donors (Lipinski definition) is 2. The lowest BCUT2D eigenvalue weighted by Gasteiger charge is -2.13. The minimum atomic E-state index is -0.621. The summed E-state index contributed by atoms with van der Waals surface area (Å²) in [7, 11) is 0. The molecule has 0 aliphatic heterocycles. The molecule has 0 fully saturated rings. The first-order valence-corrected chi connectivity index (χ1v) is 9.87. The minimum Gasteiger partial charge on any atom is -0.491 e. The maximum absolute atomic E-state index is 12.3. The Morgan fingerprint density at radius 2 is 1.60 bits per heavy atom. The molecule has 2 aromatic carbocycles. The number of amides is 2. The standard InChI is InChI=1S/C23H28N2O5/c1-15(2)13-24-22(27)19-7-5-6-8-20(19)25-21(26)14-29-23(28)17-9-11-18(12-10-17)30-16(3)4/h5-12,15-16H,13-14H2,1-4H3,(H,24,27)(H,25,26). The summed E-state index contributed by atoms with van der Waals surface area (Å²) >= 11 is 0. The van der Waals surface area contributed by atoms with E-state index in [4.69, 9.17) is 9.47 Å². The smallest absolute Gasteiger partial charge is 0.338 e. The van der Waals surface area contributed by atoms with E-state index in [1.54, 1.807) is 48.5 Å². The molecule has 30 heavy (non-hydrogen) atoms. The summed E-state index contributed by atoms with van der Waals surface area (Å²) in [6.07, 6.45) is 0.0295. The van der Waals surface area contributed by atoms with Crippen molar-refractivity contribution in [2.75, 3.05) is 18.5 Å². The summed E-state index contributed by atoms with van der Waals surface area (Å²) < 4.78 is 10.6. The Morgan fingerprint density at radius 3 is 2.23 bits per heavy atom. The van der Waals surface area contributed by atoms with Gasteiger partial charge >= 0.3 is 5.97 Å². The van der Waals surface area contributed by atoms with Crippen LogP contribution in [0, 0.1) is 5.92 Å². The van der Waals surface area contributed by atoms with Crippen molar-refractivity contribution in [1.29, 1.82) is 0 Å². The minimum absolute atomic E-state index is 0.0295. The van der Waals surface area contributed by atoms with Crippen LogP contribution in [-0.2, 0) is 9.53 Å². The van der Waals surface area contributed by atoms with Gasteiger partial charge in [-0.3, -0.25) is 9.59 Å². The molecule has 0 saturated heterocycles. The van der Waals surface area contributed by atoms with Crippen LogP contribution < -0.4 is 15.4 Å². The third-order valence-corrected chi connectivity index (χ3v) is 3.91. The number of hydrogen-bond acceptors (Lipinski definition) is 5. The first kappa shape index (κ1) is 22.9. The Labute approximate surface area is 176 Å². The van der Waals surface area contributed by atoms with Gasteiger partial charge in [-0.2, -0.15) is 0 Å². The van der Waals surface area contributed by atoms with Gasteiger partial charge in [-0.25, -0.2) is 4.79 Å². The van der Waals surface area contributed by atoms with E-state index in [9.17, 15) is 14.4 Å². The van der Waals surface area contributed by atoms with E-state index in [2.05, 4.69) is 10.6 Å². The van der Waals surface area contributed by atoms with Gasteiger partial charge in [0.15, 0.2) is 6.61 Å². The zero-order valence-corrected chi connectivity index (χ0v) is 17.7. The zero-order chi connectivity index (χ0) is 22.1. The number of para-hydroxylation sites is 1. The number of nitrogens with one attached hydrogen (secondary N) is 2. The molecule has 0 aliphatic carbocycles. The number of esters is 1. The molecule has 7 nitrogen and oxygen atoms in total. The number of anilines is 1. The van der Waals surface area contributed by atoms with Gasteiger partial charge in [-0.05, 0) is 56.2 Å². The van der Waals surface area contributed by atoms with Crippen molar-refractivity contribution in [3.63, 3.8) is 0 Å². The van der Waals surface area contributed by atoms with E-state index in [1.165, 1.54) is 0 Å². The second kappa shape index (κ2) is 11.0. The summed E-state index contributed by atoms with van der Waals surface area (Å²) in [5.74, 6) is -0.482. The summed E-state index contributed by atoms with van der Waals surface area (Å²) in [5.41, 5.74) is 1.01. The van der Waals surface area contributed by atoms with Crippen molar-refractivity contribution < 1.29 is 23.9 Å². The quantitative estimate of drug-likeness (QED) is 0.613. The molecule has 2 N–H and O–H groups in total. The number of rotatable bonds is 9. The van der Waals surface area contributed by atoms with Crippen LogP contribution in [0.2, 0.25) is 0 Å². The third-order valence-electron chi connectivity index (χ3n) is 3.91. The van der Waals surface area contributed by atoms with Crippen LogP contribution in [0.4, 0.5) is 5.69 Å². The summed E-state index contributed by atoms with van der Waals surface area (Å²) in [5, 5.41) is 5.43. The molecule has 0 bridgehead atoms. The summed E-state index contributed by atoms with van der Waals surface area (Å²) in [4.78, 5) is 36.7. The fourth-order valence-corrected chi connectivity index (χ4v) is 2.52. The van der Waals surface area contributed by atoms with Crippen LogP contribution in [-0.4, -0.2) is 37.0 Å². The molecule has 0 atom stereocenters. The van der Waals surface area contributed by atoms with Gasteiger partial charge in [0.2, 0.25) is 0 Å². The maximum Gasteiger partial charge on any atom is 0.338 e. The molecule has 2 amide bonds. The second-order valence-corrected chi connectivity index (χ2v) is 7.46. The van der Waals surface area contributed by atoms with Crippen molar-refractivity contribution in [2.45, 2.75) is 33.8 Å². The first-order valence-electron chi connectivity index (χ1n) is 9.87. The Kier molecular flexibility index (Phi) is 8.41. The molecule has 0 saturated carbocycles. The highest BCUT2D eigenvalue weighted by Gasteiger charge is 2.15. The largest absolute Gasteiger partial charge is 0.491 e. The summed E-state index contributed by atoms with van der Waals surface area (Å²) in [6, 6.07) is 13.2. The second-order valence-electron chi connectivity index (χ2n) is 7.46. The van der Waals surface area contributed by atoms with Crippen LogP contribution in [0.1, 0.15) is 48.4 Å². The van der Waals surface area contributed by atoms with Crippen LogP contribution in [0.25, 0.3) is 0 Å². The van der Waals surface area contributed by atoms with Crippen molar-refractivity contribution in [3.05, 3.63) is 59.7 Å². The van der Waals surface area contributed by atoms with Crippen LogP contribution >= 0.6 is 0 Å². The Hall–Kier alpha value is -3.35. The van der Waals surface area contributed by atoms with E-state index in [0.717, 1.165) is 0 Å². The van der Waals surface area contributed by atoms with Gasteiger partial charge in [-0.1, -0.05) is 26.0 Å². The molecular weight excluding hydrogens is 384 g/mol. The molecule has 2 aromatic rings. The van der Waals surface area contributed by atoms with Gasteiger partial charge in [0, 0.05) is 6.54 Å². The monoisotopic (exact) mass is 412 g/mol. The molecule has 0 radical (unpaired) electrons. The number of carbonyl (C=O) groups is 3. The van der Waals surface area contributed by atoms with Gasteiger partial charge in [0.1, 0.15) is 5.75 Å². The normalized spacial score (nSPS) is 10.6. The van der Waals surface area contributed by atoms with Crippen molar-refractivity contribution in [1.82, 2.24) is 5.32 Å². The number of carbonyl (C=O) groups excluding carboxylic acids is 3. The van der Waals surface area contributed by atoms with Gasteiger partial charge in [-0.15, -0.1) is 0 Å². The van der Waals surface area contributed by atoms with Crippen LogP contribution in [0.15, 0.2) is 48.5 Å². The van der Waals surface area contributed by atoms with E-state index in [0.29, 0.717) is 35.0 Å². The number of ether oxygens (including phenoxy) is 2. The molecule has 0 aromatic heterocycles. The molecule has 160 valence electrons. The number of benzene rings is 2. The molecule has 7 heteroatoms. The molecule has 0 unspecified atom stereocenters. The molecule has 0 heterocycles. The van der Waals surface area contributed by atoms with Crippen LogP contribution in [0.3, 0.4) is 0 Å². The van der Waals surface area contributed by atoms with E-state index >= 15 is 0 Å². The van der Waals surface area contributed by atoms with Gasteiger partial charge in [0.05, 0.1) is 22.9 Å². The lowest BCUT2D eigenvalue weighted by Crippen LogP contribution is -2.29. The Bertz CT molecular complexity index is 875. The van der Waals surface area contributed by atoms with Crippen molar-refractivity contribution in [3.8, 4) is 5.75 Å². The fraction of sp³-hybridized carbons (Fsp3) is 0.348. The highest BCUT2D eigenvalue weighted by molar-refractivity contribution is 6.04. The summed E-state index contributed by atoms with van der Waals surface area (Å²) in [6.45, 7) is 7.87. The highest BCUT2D eigenvalue weighted by Crippen LogP contribution is 2.16. The molecule has 0 aliphatic rings. The van der Waals surface area contributed by atoms with Crippen LogP contribution in [0.5, 0.6) is 5.75 Å². The molecule has 0 spiro atoms. The van der Waals surface area contributed by atoms with Gasteiger partial charge < -0.3 is 20.1 Å². The van der Waals surface area contributed by atoms with Crippen molar-refractivity contribution in [2.24, 2.45) is 5.92 Å². The predicted molar refractivity (Wildman–Crippen MR) is 115 cm³/mol. The zero-order valence-electron chi connectivity index (χ0n) is 17.7. The SMILES string of the molecule is CC(C)CNC(=O)c1ccccc1NC(=O)COC(=O)c1ccc(OC(C)C)cc1. The molecular formula is C23H28N2O5. The maximum atomic E-state index is 12.3. The Morgan fingerprint density at radius 1 is 0.933 bits per heavy atom. The average molecular weight is 412 g/mol.